The summed E-state index contributed by atoms with van der Waals surface area (Å²) in [6, 6.07) is 10.6. The van der Waals surface area contributed by atoms with Gasteiger partial charge >= 0.3 is 5.97 Å². The van der Waals surface area contributed by atoms with Gasteiger partial charge in [-0.1, -0.05) is 23.7 Å². The fourth-order valence-corrected chi connectivity index (χ4v) is 3.05. The number of para-hydroxylation sites is 2. The Morgan fingerprint density at radius 2 is 1.89 bits per heavy atom. The smallest absolute Gasteiger partial charge is 0.348 e. The van der Waals surface area contributed by atoms with Crippen molar-refractivity contribution in [2.45, 2.75) is 20.0 Å². The highest BCUT2D eigenvalue weighted by molar-refractivity contribution is 6.32. The quantitative estimate of drug-likeness (QED) is 0.751. The number of fused-ring (bicyclic) bond motifs is 1. The van der Waals surface area contributed by atoms with E-state index in [0.29, 0.717) is 22.2 Å². The van der Waals surface area contributed by atoms with E-state index in [2.05, 4.69) is 0 Å². The summed E-state index contributed by atoms with van der Waals surface area (Å²) < 4.78 is 16.1. The topological polar surface area (TPSA) is 65.1 Å². The van der Waals surface area contributed by atoms with Gasteiger partial charge in [-0.05, 0) is 49.2 Å². The van der Waals surface area contributed by atoms with Crippen LogP contribution in [-0.4, -0.2) is 38.2 Å². The van der Waals surface area contributed by atoms with Gasteiger partial charge in [-0.3, -0.25) is 4.79 Å². The largest absolute Gasteiger partial charge is 0.484 e. The van der Waals surface area contributed by atoms with Crippen LogP contribution in [0.3, 0.4) is 0 Å². The van der Waals surface area contributed by atoms with E-state index < -0.39 is 12.1 Å². The Balaban J connectivity index is 1.78. The Bertz CT molecular complexity index is 859. The summed E-state index contributed by atoms with van der Waals surface area (Å²) in [5.74, 6) is 0.191. The second kappa shape index (κ2) is 7.88. The number of benzene rings is 2. The molecule has 27 heavy (non-hydrogen) atoms. The number of ether oxygens (including phenoxy) is 3. The van der Waals surface area contributed by atoms with E-state index >= 15 is 0 Å². The molecule has 1 atom stereocenters. The number of halogens is 1. The minimum absolute atomic E-state index is 0.0601. The number of hydrogen-bond acceptors (Lipinski definition) is 5. The van der Waals surface area contributed by atoms with Crippen molar-refractivity contribution in [3.8, 4) is 11.5 Å². The van der Waals surface area contributed by atoms with Crippen LogP contribution in [0, 0.1) is 13.8 Å². The van der Waals surface area contributed by atoms with Crippen LogP contribution in [0.5, 0.6) is 11.5 Å². The molecular formula is C20H20ClNO5. The monoisotopic (exact) mass is 389 g/mol. The van der Waals surface area contributed by atoms with Gasteiger partial charge in [-0.2, -0.15) is 0 Å². The van der Waals surface area contributed by atoms with Crippen molar-refractivity contribution >= 4 is 29.2 Å². The van der Waals surface area contributed by atoms with E-state index in [1.807, 2.05) is 13.8 Å². The van der Waals surface area contributed by atoms with Crippen molar-refractivity contribution in [1.29, 1.82) is 0 Å². The molecule has 0 spiro atoms. The van der Waals surface area contributed by atoms with Crippen LogP contribution in [0.4, 0.5) is 5.69 Å². The highest BCUT2D eigenvalue weighted by Crippen LogP contribution is 2.33. The molecule has 1 amide bonds. The molecule has 2 aromatic carbocycles. The minimum Gasteiger partial charge on any atom is -0.484 e. The van der Waals surface area contributed by atoms with Gasteiger partial charge in [0.1, 0.15) is 11.5 Å². The second-order valence-electron chi connectivity index (χ2n) is 6.26. The molecule has 0 aliphatic carbocycles. The summed E-state index contributed by atoms with van der Waals surface area (Å²) in [5, 5.41) is 0.678. The molecular weight excluding hydrogens is 370 g/mol. The van der Waals surface area contributed by atoms with E-state index in [1.165, 1.54) is 12.0 Å². The number of nitrogens with zero attached hydrogens (tertiary/aromatic N) is 1. The van der Waals surface area contributed by atoms with Crippen molar-refractivity contribution in [3.05, 3.63) is 52.5 Å². The first kappa shape index (κ1) is 19.0. The minimum atomic E-state index is -0.881. The van der Waals surface area contributed by atoms with Crippen LogP contribution in [0.2, 0.25) is 5.02 Å². The zero-order chi connectivity index (χ0) is 19.6. The standard InChI is InChI=1S/C20H20ClNO5/c1-12-8-14(9-13(2)19(12)21)26-11-18(23)22-10-17(20(24)25-3)27-16-7-5-4-6-15(16)22/h4-9,17H,10-11H2,1-3H3. The fraction of sp³-hybridized carbons (Fsp3) is 0.300. The Kier molecular flexibility index (Phi) is 5.56. The lowest BCUT2D eigenvalue weighted by atomic mass is 10.1. The van der Waals surface area contributed by atoms with Gasteiger partial charge in [-0.25, -0.2) is 4.79 Å². The molecule has 0 radical (unpaired) electrons. The van der Waals surface area contributed by atoms with E-state index in [1.54, 1.807) is 36.4 Å². The Hall–Kier alpha value is -2.73. The van der Waals surface area contributed by atoms with Crippen molar-refractivity contribution in [1.82, 2.24) is 0 Å². The average molecular weight is 390 g/mol. The summed E-state index contributed by atoms with van der Waals surface area (Å²) >= 11 is 6.16. The summed E-state index contributed by atoms with van der Waals surface area (Å²) in [7, 11) is 1.28. The zero-order valence-corrected chi connectivity index (χ0v) is 16.1. The number of carbonyl (C=O) groups excluding carboxylic acids is 2. The van der Waals surface area contributed by atoms with Crippen LogP contribution in [0.15, 0.2) is 36.4 Å². The number of anilines is 1. The second-order valence-corrected chi connectivity index (χ2v) is 6.64. The van der Waals surface area contributed by atoms with Gasteiger partial charge in [0.05, 0.1) is 19.3 Å². The van der Waals surface area contributed by atoms with Gasteiger partial charge in [0.2, 0.25) is 6.10 Å². The fourth-order valence-electron chi connectivity index (χ4n) is 2.94. The third kappa shape index (κ3) is 4.01. The van der Waals surface area contributed by atoms with Crippen LogP contribution in [0.25, 0.3) is 0 Å². The Morgan fingerprint density at radius 3 is 2.56 bits per heavy atom. The predicted octanol–water partition coefficient (Wildman–Crippen LogP) is 3.30. The van der Waals surface area contributed by atoms with Crippen molar-refractivity contribution in [2.24, 2.45) is 0 Å². The first-order chi connectivity index (χ1) is 12.9. The van der Waals surface area contributed by atoms with Crippen molar-refractivity contribution < 1.29 is 23.8 Å². The van der Waals surface area contributed by atoms with Crippen LogP contribution in [-0.2, 0) is 14.3 Å². The number of aryl methyl sites for hydroxylation is 2. The Labute approximate surface area is 162 Å². The molecule has 1 unspecified atom stereocenters. The lowest BCUT2D eigenvalue weighted by Crippen LogP contribution is -2.48. The zero-order valence-electron chi connectivity index (χ0n) is 15.3. The summed E-state index contributed by atoms with van der Waals surface area (Å²) in [6.07, 6.45) is -0.881. The molecule has 142 valence electrons. The molecule has 6 nitrogen and oxygen atoms in total. The van der Waals surface area contributed by atoms with E-state index in [0.717, 1.165) is 11.1 Å². The lowest BCUT2D eigenvalue weighted by Gasteiger charge is -2.33. The molecule has 2 aromatic rings. The molecule has 0 bridgehead atoms. The molecule has 0 saturated heterocycles. The maximum atomic E-state index is 12.8. The number of methoxy groups -OCH3 is 1. The number of esters is 1. The molecule has 0 N–H and O–H groups in total. The number of amides is 1. The predicted molar refractivity (Wildman–Crippen MR) is 102 cm³/mol. The van der Waals surface area contributed by atoms with Crippen LogP contribution in [0.1, 0.15) is 11.1 Å². The molecule has 1 aliphatic rings. The summed E-state index contributed by atoms with van der Waals surface area (Å²) in [6.45, 7) is 3.64. The maximum Gasteiger partial charge on any atom is 0.348 e. The molecule has 0 fully saturated rings. The number of carbonyl (C=O) groups is 2. The normalized spacial score (nSPS) is 15.6. The summed E-state index contributed by atoms with van der Waals surface area (Å²) in [4.78, 5) is 26.2. The third-order valence-electron chi connectivity index (χ3n) is 4.31. The highest BCUT2D eigenvalue weighted by atomic mass is 35.5. The van der Waals surface area contributed by atoms with Gasteiger partial charge in [0.25, 0.3) is 5.91 Å². The van der Waals surface area contributed by atoms with Crippen LogP contribution < -0.4 is 14.4 Å². The lowest BCUT2D eigenvalue weighted by molar-refractivity contribution is -0.148. The first-order valence-electron chi connectivity index (χ1n) is 8.44. The van der Waals surface area contributed by atoms with Crippen molar-refractivity contribution in [2.75, 3.05) is 25.2 Å². The van der Waals surface area contributed by atoms with Gasteiger partial charge < -0.3 is 19.1 Å². The van der Waals surface area contributed by atoms with Gasteiger partial charge in [0, 0.05) is 5.02 Å². The number of hydrogen-bond donors (Lipinski definition) is 0. The van der Waals surface area contributed by atoms with E-state index in [9.17, 15) is 9.59 Å². The summed E-state index contributed by atoms with van der Waals surface area (Å²) in [5.41, 5.74) is 2.35. The van der Waals surface area contributed by atoms with Crippen molar-refractivity contribution in [3.63, 3.8) is 0 Å². The SMILES string of the molecule is COC(=O)C1CN(C(=O)COc2cc(C)c(Cl)c(C)c2)c2ccccc2O1. The third-order valence-corrected chi connectivity index (χ3v) is 4.91. The molecule has 0 aromatic heterocycles. The molecule has 0 saturated carbocycles. The van der Waals surface area contributed by atoms with E-state index in [-0.39, 0.29) is 19.1 Å². The molecule has 1 aliphatic heterocycles. The number of rotatable bonds is 4. The highest BCUT2D eigenvalue weighted by Gasteiger charge is 2.34. The first-order valence-corrected chi connectivity index (χ1v) is 8.82. The van der Waals surface area contributed by atoms with E-state index in [4.69, 9.17) is 25.8 Å². The van der Waals surface area contributed by atoms with Gasteiger partial charge in [0.15, 0.2) is 6.61 Å². The van der Waals surface area contributed by atoms with Gasteiger partial charge in [-0.15, -0.1) is 0 Å². The molecule has 3 rings (SSSR count). The molecule has 1 heterocycles. The average Bonchev–Trinajstić information content (AvgIpc) is 2.68. The molecule has 7 heteroatoms. The van der Waals surface area contributed by atoms with Crippen LogP contribution >= 0.6 is 11.6 Å². The maximum absolute atomic E-state index is 12.8. The Morgan fingerprint density at radius 1 is 1.22 bits per heavy atom.